The molecule has 5 fully saturated rings. The molecule has 1 saturated heterocycles. The van der Waals surface area contributed by atoms with E-state index in [1.165, 1.54) is 38.5 Å². The topological polar surface area (TPSA) is 58.6 Å². The van der Waals surface area contributed by atoms with Crippen LogP contribution in [-0.4, -0.2) is 43.0 Å². The highest BCUT2D eigenvalue weighted by Crippen LogP contribution is 2.61. The number of halogens is 1. The minimum atomic E-state index is -0.169. The third kappa shape index (κ3) is 4.30. The highest BCUT2D eigenvalue weighted by atomic mass is 35.5. The van der Waals surface area contributed by atoms with Crippen LogP contribution in [-0.2, 0) is 4.79 Å². The first-order chi connectivity index (χ1) is 14.9. The van der Waals surface area contributed by atoms with Gasteiger partial charge in [-0.3, -0.25) is 9.59 Å². The van der Waals surface area contributed by atoms with Crippen molar-refractivity contribution in [3.8, 4) is 5.75 Å². The molecule has 2 amide bonds. The molecular formula is C25H33ClN2O3. The molecule has 0 radical (unpaired) electrons. The van der Waals surface area contributed by atoms with Gasteiger partial charge in [0, 0.05) is 30.6 Å². The van der Waals surface area contributed by atoms with Crippen molar-refractivity contribution in [3.05, 3.63) is 28.8 Å². The van der Waals surface area contributed by atoms with Gasteiger partial charge in [-0.05, 0) is 92.7 Å². The van der Waals surface area contributed by atoms with E-state index in [0.717, 1.165) is 50.1 Å². The van der Waals surface area contributed by atoms with Crippen LogP contribution in [0.5, 0.6) is 5.75 Å². The standard InChI is InChI=1S/C25H33ClN2O3/c1-31-22-3-2-19(26)11-21(22)24(30)27-20-4-6-28(7-5-20)23(29)15-25-12-16-8-17(13-25)10-18(9-16)14-25/h2-3,11,16-18,20H,4-10,12-15H2,1H3,(H,27,30). The van der Waals surface area contributed by atoms with Crippen LogP contribution in [0.3, 0.4) is 0 Å². The predicted octanol–water partition coefficient (Wildman–Crippen LogP) is 4.68. The number of nitrogens with one attached hydrogen (secondary N) is 1. The van der Waals surface area contributed by atoms with Gasteiger partial charge in [-0.1, -0.05) is 11.6 Å². The molecule has 0 atom stereocenters. The fourth-order valence-corrected chi connectivity index (χ4v) is 7.51. The van der Waals surface area contributed by atoms with Crippen LogP contribution in [0.25, 0.3) is 0 Å². The molecule has 4 aliphatic carbocycles. The second-order valence-corrected chi connectivity index (χ2v) is 11.0. The van der Waals surface area contributed by atoms with Crippen molar-refractivity contribution in [2.45, 2.75) is 63.8 Å². The Kier molecular flexibility index (Phi) is 5.66. The number of benzene rings is 1. The number of hydrogen-bond donors (Lipinski definition) is 1. The van der Waals surface area contributed by atoms with Crippen LogP contribution in [0.2, 0.25) is 5.02 Å². The van der Waals surface area contributed by atoms with Gasteiger partial charge in [0.05, 0.1) is 12.7 Å². The van der Waals surface area contributed by atoms with Crippen molar-refractivity contribution >= 4 is 23.4 Å². The Balaban J connectivity index is 1.14. The SMILES string of the molecule is COc1ccc(Cl)cc1C(=O)NC1CCN(C(=O)CC23CC4CC(CC(C4)C2)C3)CC1. The normalized spacial score (nSPS) is 32.2. The van der Waals surface area contributed by atoms with Crippen LogP contribution in [0, 0.1) is 23.2 Å². The molecule has 168 valence electrons. The van der Waals surface area contributed by atoms with Crippen molar-refractivity contribution in [2.75, 3.05) is 20.2 Å². The summed E-state index contributed by atoms with van der Waals surface area (Å²) in [5.41, 5.74) is 0.746. The molecule has 6 rings (SSSR count). The van der Waals surface area contributed by atoms with Crippen molar-refractivity contribution in [3.63, 3.8) is 0 Å². The van der Waals surface area contributed by atoms with Crippen LogP contribution < -0.4 is 10.1 Å². The first kappa shape index (κ1) is 21.1. The third-order valence-electron chi connectivity index (χ3n) is 8.28. The molecule has 1 aromatic carbocycles. The Labute approximate surface area is 189 Å². The average molecular weight is 445 g/mol. The van der Waals surface area contributed by atoms with Crippen molar-refractivity contribution < 1.29 is 14.3 Å². The molecule has 5 nitrogen and oxygen atoms in total. The predicted molar refractivity (Wildman–Crippen MR) is 120 cm³/mol. The van der Waals surface area contributed by atoms with Crippen molar-refractivity contribution in [2.24, 2.45) is 23.2 Å². The highest BCUT2D eigenvalue weighted by molar-refractivity contribution is 6.31. The number of amides is 2. The van der Waals surface area contributed by atoms with Crippen molar-refractivity contribution in [1.82, 2.24) is 10.2 Å². The van der Waals surface area contributed by atoms with Crippen LogP contribution in [0.4, 0.5) is 0 Å². The maximum Gasteiger partial charge on any atom is 0.255 e. The average Bonchev–Trinajstić information content (AvgIpc) is 2.73. The monoisotopic (exact) mass is 444 g/mol. The van der Waals surface area contributed by atoms with E-state index in [9.17, 15) is 9.59 Å². The van der Waals surface area contributed by atoms with E-state index in [-0.39, 0.29) is 11.9 Å². The molecule has 31 heavy (non-hydrogen) atoms. The van der Waals surface area contributed by atoms with Crippen molar-refractivity contribution in [1.29, 1.82) is 0 Å². The lowest BCUT2D eigenvalue weighted by molar-refractivity contribution is -0.140. The molecule has 6 heteroatoms. The Hall–Kier alpha value is -1.75. The smallest absolute Gasteiger partial charge is 0.255 e. The summed E-state index contributed by atoms with van der Waals surface area (Å²) in [6, 6.07) is 5.13. The molecule has 1 aromatic rings. The van der Waals surface area contributed by atoms with Gasteiger partial charge < -0.3 is 15.0 Å². The molecule has 0 aromatic heterocycles. The van der Waals surface area contributed by atoms with Crippen LogP contribution >= 0.6 is 11.6 Å². The maximum atomic E-state index is 13.2. The van der Waals surface area contributed by atoms with Gasteiger partial charge in [-0.2, -0.15) is 0 Å². The number of carbonyl (C=O) groups excluding carboxylic acids is 2. The number of piperidine rings is 1. The fourth-order valence-electron chi connectivity index (χ4n) is 7.33. The Morgan fingerprint density at radius 2 is 1.71 bits per heavy atom. The van der Waals surface area contributed by atoms with Crippen LogP contribution in [0.1, 0.15) is 68.1 Å². The summed E-state index contributed by atoms with van der Waals surface area (Å²) < 4.78 is 5.30. The quantitative estimate of drug-likeness (QED) is 0.717. The number of likely N-dealkylation sites (tertiary alicyclic amines) is 1. The van der Waals surface area contributed by atoms with E-state index in [2.05, 4.69) is 5.32 Å². The van der Waals surface area contributed by atoms with Gasteiger partial charge in [0.15, 0.2) is 0 Å². The summed E-state index contributed by atoms with van der Waals surface area (Å²) in [5.74, 6) is 3.32. The Morgan fingerprint density at radius 1 is 1.10 bits per heavy atom. The van der Waals surface area contributed by atoms with E-state index in [1.54, 1.807) is 25.3 Å². The molecular weight excluding hydrogens is 412 g/mol. The van der Waals surface area contributed by atoms with Gasteiger partial charge in [-0.25, -0.2) is 0 Å². The molecule has 1 heterocycles. The number of rotatable bonds is 5. The summed E-state index contributed by atoms with van der Waals surface area (Å²) >= 11 is 6.06. The van der Waals surface area contributed by atoms with Gasteiger partial charge in [-0.15, -0.1) is 0 Å². The lowest BCUT2D eigenvalue weighted by Gasteiger charge is -2.57. The fraction of sp³-hybridized carbons (Fsp3) is 0.680. The second-order valence-electron chi connectivity index (χ2n) is 10.6. The van der Waals surface area contributed by atoms with E-state index in [1.807, 2.05) is 4.90 Å². The number of hydrogen-bond acceptors (Lipinski definition) is 3. The van der Waals surface area contributed by atoms with E-state index in [0.29, 0.717) is 27.7 Å². The Bertz CT molecular complexity index is 827. The summed E-state index contributed by atoms with van der Waals surface area (Å²) in [6.45, 7) is 1.45. The summed E-state index contributed by atoms with van der Waals surface area (Å²) in [6.07, 6.45) is 10.4. The van der Waals surface area contributed by atoms with Crippen LogP contribution in [0.15, 0.2) is 18.2 Å². The molecule has 4 saturated carbocycles. The lowest BCUT2D eigenvalue weighted by atomic mass is 9.49. The number of carbonyl (C=O) groups is 2. The van der Waals surface area contributed by atoms with E-state index >= 15 is 0 Å². The number of nitrogens with zero attached hydrogens (tertiary/aromatic N) is 1. The highest BCUT2D eigenvalue weighted by Gasteiger charge is 2.51. The molecule has 4 bridgehead atoms. The second kappa shape index (κ2) is 8.31. The zero-order valence-corrected chi connectivity index (χ0v) is 19.1. The zero-order chi connectivity index (χ0) is 21.6. The van der Waals surface area contributed by atoms with E-state index in [4.69, 9.17) is 16.3 Å². The molecule has 1 N–H and O–H groups in total. The number of ether oxygens (including phenoxy) is 1. The summed E-state index contributed by atoms with van der Waals surface area (Å²) in [4.78, 5) is 27.9. The minimum absolute atomic E-state index is 0.0692. The number of methoxy groups -OCH3 is 1. The van der Waals surface area contributed by atoms with Gasteiger partial charge in [0.25, 0.3) is 5.91 Å². The summed E-state index contributed by atoms with van der Waals surface area (Å²) in [5, 5.41) is 3.62. The molecule has 5 aliphatic rings. The first-order valence-electron chi connectivity index (χ1n) is 11.9. The molecule has 1 aliphatic heterocycles. The lowest BCUT2D eigenvalue weighted by Crippen LogP contribution is -2.50. The molecule has 0 unspecified atom stereocenters. The zero-order valence-electron chi connectivity index (χ0n) is 18.4. The minimum Gasteiger partial charge on any atom is -0.496 e. The largest absolute Gasteiger partial charge is 0.496 e. The van der Waals surface area contributed by atoms with E-state index < -0.39 is 0 Å². The molecule has 0 spiro atoms. The maximum absolute atomic E-state index is 13.2. The van der Waals surface area contributed by atoms with Gasteiger partial charge in [0.2, 0.25) is 5.91 Å². The third-order valence-corrected chi connectivity index (χ3v) is 8.52. The van der Waals surface area contributed by atoms with Gasteiger partial charge >= 0.3 is 0 Å². The first-order valence-corrected chi connectivity index (χ1v) is 12.2. The summed E-state index contributed by atoms with van der Waals surface area (Å²) in [7, 11) is 1.55. The Morgan fingerprint density at radius 3 is 2.29 bits per heavy atom. The van der Waals surface area contributed by atoms with Gasteiger partial charge in [0.1, 0.15) is 5.75 Å².